The van der Waals surface area contributed by atoms with E-state index in [4.69, 9.17) is 9.47 Å². The molecule has 0 radical (unpaired) electrons. The number of likely N-dealkylation sites (tertiary alicyclic amines) is 1. The summed E-state index contributed by atoms with van der Waals surface area (Å²) in [5, 5.41) is 2.89. The van der Waals surface area contributed by atoms with Gasteiger partial charge in [0.2, 0.25) is 5.91 Å². The van der Waals surface area contributed by atoms with Crippen LogP contribution in [0.3, 0.4) is 0 Å². The number of ether oxygens (including phenoxy) is 2. The van der Waals surface area contributed by atoms with Crippen molar-refractivity contribution in [3.8, 4) is 5.75 Å². The molecule has 1 aliphatic heterocycles. The van der Waals surface area contributed by atoms with E-state index in [9.17, 15) is 9.59 Å². The van der Waals surface area contributed by atoms with Crippen LogP contribution in [-0.4, -0.2) is 49.2 Å². The second kappa shape index (κ2) is 10.8. The fourth-order valence-corrected chi connectivity index (χ4v) is 3.01. The summed E-state index contributed by atoms with van der Waals surface area (Å²) < 4.78 is 10.9. The van der Waals surface area contributed by atoms with E-state index in [0.29, 0.717) is 45.1 Å². The molecule has 27 heavy (non-hydrogen) atoms. The number of piperidine rings is 1. The van der Waals surface area contributed by atoms with Gasteiger partial charge in [-0.3, -0.25) is 4.79 Å². The minimum atomic E-state index is -0.359. The number of benzene rings is 1. The Kier molecular flexibility index (Phi) is 8.43. The van der Waals surface area contributed by atoms with Gasteiger partial charge >= 0.3 is 6.09 Å². The molecule has 1 aromatic carbocycles. The first-order valence-corrected chi connectivity index (χ1v) is 9.85. The van der Waals surface area contributed by atoms with Gasteiger partial charge in [0, 0.05) is 25.6 Å². The van der Waals surface area contributed by atoms with Crippen LogP contribution in [0.15, 0.2) is 24.3 Å². The Balaban J connectivity index is 1.60. The van der Waals surface area contributed by atoms with E-state index in [1.807, 2.05) is 49.9 Å². The average Bonchev–Trinajstić information content (AvgIpc) is 2.65. The summed E-state index contributed by atoms with van der Waals surface area (Å²) in [4.78, 5) is 25.9. The molecule has 150 valence electrons. The molecule has 0 unspecified atom stereocenters. The summed E-state index contributed by atoms with van der Waals surface area (Å²) in [6.07, 6.45) is 2.36. The predicted molar refractivity (Wildman–Crippen MR) is 105 cm³/mol. The summed E-state index contributed by atoms with van der Waals surface area (Å²) in [6, 6.07) is 7.97. The zero-order valence-corrected chi connectivity index (χ0v) is 16.7. The number of aryl methyl sites for hydroxylation is 1. The van der Waals surface area contributed by atoms with Crippen LogP contribution in [0.1, 0.15) is 45.1 Å². The molecule has 1 fully saturated rings. The van der Waals surface area contributed by atoms with E-state index in [0.717, 1.165) is 24.2 Å². The molecule has 0 aliphatic carbocycles. The van der Waals surface area contributed by atoms with Crippen LogP contribution in [0.4, 0.5) is 4.79 Å². The number of hydrogen-bond acceptors (Lipinski definition) is 4. The first kappa shape index (κ1) is 21.1. The first-order valence-electron chi connectivity index (χ1n) is 9.85. The van der Waals surface area contributed by atoms with Gasteiger partial charge in [0.1, 0.15) is 5.75 Å². The Labute approximate surface area is 162 Å². The van der Waals surface area contributed by atoms with Gasteiger partial charge in [-0.15, -0.1) is 0 Å². The number of carbonyl (C=O) groups excluding carboxylic acids is 2. The highest BCUT2D eigenvalue weighted by molar-refractivity contribution is 5.76. The number of amides is 2. The largest absolute Gasteiger partial charge is 0.493 e. The molecule has 1 aliphatic rings. The van der Waals surface area contributed by atoms with Crippen LogP contribution in [-0.2, 0) is 9.53 Å². The van der Waals surface area contributed by atoms with Gasteiger partial charge in [-0.05, 0) is 43.7 Å². The zero-order valence-electron chi connectivity index (χ0n) is 16.7. The van der Waals surface area contributed by atoms with Crippen molar-refractivity contribution in [1.82, 2.24) is 10.2 Å². The van der Waals surface area contributed by atoms with Crippen molar-refractivity contribution in [3.05, 3.63) is 29.8 Å². The van der Waals surface area contributed by atoms with E-state index < -0.39 is 0 Å². The Morgan fingerprint density at radius 1 is 1.22 bits per heavy atom. The number of alkyl carbamates (subject to hydrolysis) is 1. The molecule has 6 nitrogen and oxygen atoms in total. The summed E-state index contributed by atoms with van der Waals surface area (Å²) in [7, 11) is 0. The second-order valence-corrected chi connectivity index (χ2v) is 7.51. The summed E-state index contributed by atoms with van der Waals surface area (Å²) in [5.74, 6) is 1.36. The van der Waals surface area contributed by atoms with Gasteiger partial charge in [0.25, 0.3) is 0 Å². The molecule has 0 aromatic heterocycles. The van der Waals surface area contributed by atoms with Crippen molar-refractivity contribution in [2.24, 2.45) is 5.92 Å². The third-order valence-corrected chi connectivity index (χ3v) is 4.60. The maximum absolute atomic E-state index is 12.3. The smallest absolute Gasteiger partial charge is 0.407 e. The summed E-state index contributed by atoms with van der Waals surface area (Å²) in [6.45, 7) is 8.33. The first-order chi connectivity index (χ1) is 13.0. The highest BCUT2D eigenvalue weighted by Gasteiger charge is 2.24. The van der Waals surface area contributed by atoms with E-state index >= 15 is 0 Å². The summed E-state index contributed by atoms with van der Waals surface area (Å²) >= 11 is 0. The molecule has 6 heteroatoms. The number of para-hydroxylation sites is 1. The normalized spacial score (nSPS) is 14.9. The maximum Gasteiger partial charge on any atom is 0.407 e. The molecule has 1 N–H and O–H groups in total. The van der Waals surface area contributed by atoms with Gasteiger partial charge in [0.05, 0.1) is 13.2 Å². The standard InChI is InChI=1S/C21H32N2O4/c1-16(2)15-27-21(25)22-18-10-12-23(13-11-18)20(24)9-6-14-26-19-8-5-4-7-17(19)3/h4-5,7-8,16,18H,6,9-15H2,1-3H3,(H,22,25). The third-order valence-electron chi connectivity index (χ3n) is 4.60. The molecule has 0 bridgehead atoms. The zero-order chi connectivity index (χ0) is 19.6. The molecule has 1 saturated heterocycles. The van der Waals surface area contributed by atoms with E-state index in [1.54, 1.807) is 0 Å². The van der Waals surface area contributed by atoms with E-state index in [1.165, 1.54) is 0 Å². The molecule has 2 amide bonds. The number of rotatable bonds is 8. The van der Waals surface area contributed by atoms with Crippen molar-refractivity contribution in [1.29, 1.82) is 0 Å². The molecular formula is C21H32N2O4. The van der Waals surface area contributed by atoms with Gasteiger partial charge in [-0.1, -0.05) is 32.0 Å². The second-order valence-electron chi connectivity index (χ2n) is 7.51. The molecule has 0 atom stereocenters. The molecule has 0 spiro atoms. The van der Waals surface area contributed by atoms with E-state index in [-0.39, 0.29) is 18.0 Å². The lowest BCUT2D eigenvalue weighted by atomic mass is 10.0. The average molecular weight is 376 g/mol. The Hall–Kier alpha value is -2.24. The fraction of sp³-hybridized carbons (Fsp3) is 0.619. The number of hydrogen-bond donors (Lipinski definition) is 1. The van der Waals surface area contributed by atoms with Crippen molar-refractivity contribution >= 4 is 12.0 Å². The Bertz CT molecular complexity index is 610. The molecule has 2 rings (SSSR count). The maximum atomic E-state index is 12.3. The fourth-order valence-electron chi connectivity index (χ4n) is 3.01. The van der Waals surface area contributed by atoms with Crippen LogP contribution in [0.5, 0.6) is 5.75 Å². The van der Waals surface area contributed by atoms with Crippen molar-refractivity contribution in [2.75, 3.05) is 26.3 Å². The molecule has 1 aromatic rings. The van der Waals surface area contributed by atoms with Crippen molar-refractivity contribution in [3.63, 3.8) is 0 Å². The molecule has 0 saturated carbocycles. The Morgan fingerprint density at radius 3 is 2.59 bits per heavy atom. The van der Waals surface area contributed by atoms with Crippen molar-refractivity contribution < 1.29 is 19.1 Å². The van der Waals surface area contributed by atoms with Crippen LogP contribution in [0.25, 0.3) is 0 Å². The number of carbonyl (C=O) groups is 2. The summed E-state index contributed by atoms with van der Waals surface area (Å²) in [5.41, 5.74) is 1.10. The number of nitrogens with zero attached hydrogens (tertiary/aromatic N) is 1. The van der Waals surface area contributed by atoms with Gasteiger partial charge in [0.15, 0.2) is 0 Å². The quantitative estimate of drug-likeness (QED) is 0.705. The molecule has 1 heterocycles. The third kappa shape index (κ3) is 7.49. The lowest BCUT2D eigenvalue weighted by Gasteiger charge is -2.32. The molecular weight excluding hydrogens is 344 g/mol. The van der Waals surface area contributed by atoms with E-state index in [2.05, 4.69) is 5.32 Å². The minimum absolute atomic E-state index is 0.0816. The van der Waals surface area contributed by atoms with Crippen LogP contribution in [0.2, 0.25) is 0 Å². The van der Waals surface area contributed by atoms with Gasteiger partial charge < -0.3 is 19.7 Å². The highest BCUT2D eigenvalue weighted by Crippen LogP contribution is 2.17. The monoisotopic (exact) mass is 376 g/mol. The highest BCUT2D eigenvalue weighted by atomic mass is 16.5. The topological polar surface area (TPSA) is 67.9 Å². The lowest BCUT2D eigenvalue weighted by molar-refractivity contribution is -0.132. The number of nitrogens with one attached hydrogen (secondary N) is 1. The van der Waals surface area contributed by atoms with Crippen LogP contribution in [0, 0.1) is 12.8 Å². The predicted octanol–water partition coefficient (Wildman–Crippen LogP) is 3.53. The minimum Gasteiger partial charge on any atom is -0.493 e. The van der Waals surface area contributed by atoms with Gasteiger partial charge in [-0.25, -0.2) is 4.79 Å². The van der Waals surface area contributed by atoms with Gasteiger partial charge in [-0.2, -0.15) is 0 Å². The van der Waals surface area contributed by atoms with Crippen molar-refractivity contribution in [2.45, 2.75) is 52.5 Å². The lowest BCUT2D eigenvalue weighted by Crippen LogP contribution is -2.46. The van der Waals surface area contributed by atoms with Crippen LogP contribution < -0.4 is 10.1 Å². The Morgan fingerprint density at radius 2 is 1.93 bits per heavy atom. The van der Waals surface area contributed by atoms with Crippen LogP contribution >= 0.6 is 0 Å². The SMILES string of the molecule is Cc1ccccc1OCCCC(=O)N1CCC(NC(=O)OCC(C)C)CC1.